The maximum atomic E-state index is 14.8. The average molecular weight is 495 g/mol. The molecular weight excluding hydrogens is 464 g/mol. The van der Waals surface area contributed by atoms with Gasteiger partial charge in [0.2, 0.25) is 11.6 Å². The van der Waals surface area contributed by atoms with E-state index >= 15 is 0 Å². The average Bonchev–Trinajstić information content (AvgIpc) is 2.88. The Morgan fingerprint density at radius 2 is 1.26 bits per heavy atom. The summed E-state index contributed by atoms with van der Waals surface area (Å²) in [5.74, 6) is -6.13. The standard InChI is InChI=1S/C27H30F4O4/c1-34-21-12-10-19(23(28)25(21)30)17-6-8-18(9-7-17)27(33)35-22-13-11-20(24(29)26(22)31)16-4-2-15(14-32)3-5-16/h10-13,15-18,32H,2-9,14H2,1H3. The molecule has 0 aromatic heterocycles. The molecule has 0 atom stereocenters. The minimum atomic E-state index is -1.18. The summed E-state index contributed by atoms with van der Waals surface area (Å²) in [4.78, 5) is 12.6. The Kier molecular flexibility index (Phi) is 7.99. The molecule has 35 heavy (non-hydrogen) atoms. The lowest BCUT2D eigenvalue weighted by Crippen LogP contribution is -2.26. The molecule has 190 valence electrons. The highest BCUT2D eigenvalue weighted by atomic mass is 19.2. The summed E-state index contributed by atoms with van der Waals surface area (Å²) in [6.45, 7) is 0.103. The van der Waals surface area contributed by atoms with Gasteiger partial charge in [-0.2, -0.15) is 8.78 Å². The Bertz CT molecular complexity index is 1060. The first-order valence-electron chi connectivity index (χ1n) is 12.2. The maximum absolute atomic E-state index is 14.8. The van der Waals surface area contributed by atoms with Crippen molar-refractivity contribution in [2.45, 2.75) is 63.2 Å². The van der Waals surface area contributed by atoms with E-state index in [9.17, 15) is 27.5 Å². The van der Waals surface area contributed by atoms with E-state index in [4.69, 9.17) is 9.47 Å². The van der Waals surface area contributed by atoms with E-state index in [1.54, 1.807) is 0 Å². The van der Waals surface area contributed by atoms with Crippen LogP contribution in [0.4, 0.5) is 17.6 Å². The fourth-order valence-corrected chi connectivity index (χ4v) is 5.45. The monoisotopic (exact) mass is 494 g/mol. The Balaban J connectivity index is 1.37. The van der Waals surface area contributed by atoms with Crippen molar-refractivity contribution < 1.29 is 36.9 Å². The Morgan fingerprint density at radius 1 is 0.771 bits per heavy atom. The van der Waals surface area contributed by atoms with Crippen LogP contribution >= 0.6 is 0 Å². The predicted octanol–water partition coefficient (Wildman–Crippen LogP) is 6.40. The first kappa shape index (κ1) is 25.5. The van der Waals surface area contributed by atoms with Crippen molar-refractivity contribution in [2.24, 2.45) is 11.8 Å². The predicted molar refractivity (Wildman–Crippen MR) is 121 cm³/mol. The molecule has 0 heterocycles. The maximum Gasteiger partial charge on any atom is 0.314 e. The molecular formula is C27H30F4O4. The van der Waals surface area contributed by atoms with Crippen LogP contribution in [-0.2, 0) is 4.79 Å². The second-order valence-electron chi connectivity index (χ2n) is 9.64. The molecule has 1 N–H and O–H groups in total. The topological polar surface area (TPSA) is 55.8 Å². The van der Waals surface area contributed by atoms with Gasteiger partial charge in [-0.15, -0.1) is 0 Å². The van der Waals surface area contributed by atoms with Gasteiger partial charge >= 0.3 is 5.97 Å². The van der Waals surface area contributed by atoms with Gasteiger partial charge in [0, 0.05) is 6.61 Å². The number of hydrogen-bond donors (Lipinski definition) is 1. The van der Waals surface area contributed by atoms with Gasteiger partial charge in [-0.1, -0.05) is 12.1 Å². The van der Waals surface area contributed by atoms with Gasteiger partial charge < -0.3 is 14.6 Å². The van der Waals surface area contributed by atoms with E-state index in [0.29, 0.717) is 38.5 Å². The molecule has 8 heteroatoms. The lowest BCUT2D eigenvalue weighted by molar-refractivity contribution is -0.140. The lowest BCUT2D eigenvalue weighted by atomic mass is 9.78. The summed E-state index contributed by atoms with van der Waals surface area (Å²) < 4.78 is 68.0. The van der Waals surface area contributed by atoms with Gasteiger partial charge in [-0.25, -0.2) is 8.78 Å². The van der Waals surface area contributed by atoms with Crippen LogP contribution < -0.4 is 9.47 Å². The summed E-state index contributed by atoms with van der Waals surface area (Å²) in [6, 6.07) is 5.65. The van der Waals surface area contributed by atoms with Crippen molar-refractivity contribution in [1.29, 1.82) is 0 Å². The zero-order valence-electron chi connectivity index (χ0n) is 19.7. The van der Waals surface area contributed by atoms with Gasteiger partial charge in [-0.05, 0) is 92.4 Å². The number of carbonyl (C=O) groups excluding carboxylic acids is 1. The second kappa shape index (κ2) is 11.0. The van der Waals surface area contributed by atoms with Gasteiger partial charge in [0.05, 0.1) is 13.0 Å². The van der Waals surface area contributed by atoms with E-state index in [1.165, 1.54) is 31.4 Å². The van der Waals surface area contributed by atoms with Crippen molar-refractivity contribution in [3.8, 4) is 11.5 Å². The molecule has 0 radical (unpaired) electrons. The zero-order valence-corrected chi connectivity index (χ0v) is 19.7. The number of benzene rings is 2. The minimum absolute atomic E-state index is 0.103. The number of hydrogen-bond acceptors (Lipinski definition) is 4. The molecule has 0 unspecified atom stereocenters. The van der Waals surface area contributed by atoms with Crippen molar-refractivity contribution in [3.63, 3.8) is 0 Å². The molecule has 2 aliphatic rings. The number of rotatable bonds is 6. The summed E-state index contributed by atoms with van der Waals surface area (Å²) in [5, 5.41) is 9.27. The molecule has 2 aromatic rings. The highest BCUT2D eigenvalue weighted by Crippen LogP contribution is 2.41. The molecule has 0 spiro atoms. The number of esters is 1. The van der Waals surface area contributed by atoms with E-state index in [2.05, 4.69) is 0 Å². The van der Waals surface area contributed by atoms with Crippen LogP contribution in [0, 0.1) is 35.1 Å². The normalized spacial score (nSPS) is 24.7. The third kappa shape index (κ3) is 5.32. The van der Waals surface area contributed by atoms with Crippen molar-refractivity contribution in [3.05, 3.63) is 58.7 Å². The third-order valence-corrected chi connectivity index (χ3v) is 7.63. The van der Waals surface area contributed by atoms with E-state index in [-0.39, 0.29) is 41.2 Å². The SMILES string of the molecule is COc1ccc(C2CCC(C(=O)Oc3ccc(C4CCC(CO)CC4)c(F)c3F)CC2)c(F)c1F. The van der Waals surface area contributed by atoms with Crippen LogP contribution in [0.15, 0.2) is 24.3 Å². The first-order valence-corrected chi connectivity index (χ1v) is 12.2. The van der Waals surface area contributed by atoms with Crippen LogP contribution in [0.1, 0.15) is 74.3 Å². The summed E-state index contributed by atoms with van der Waals surface area (Å²) in [5.41, 5.74) is 0.514. The number of aliphatic hydroxyl groups excluding tert-OH is 1. The molecule has 2 fully saturated rings. The number of halogens is 4. The van der Waals surface area contributed by atoms with Gasteiger partial charge in [-0.3, -0.25) is 4.79 Å². The van der Waals surface area contributed by atoms with Crippen molar-refractivity contribution >= 4 is 5.97 Å². The van der Waals surface area contributed by atoms with Crippen LogP contribution in [0.5, 0.6) is 11.5 Å². The zero-order chi connectivity index (χ0) is 25.1. The largest absolute Gasteiger partial charge is 0.494 e. The molecule has 2 aromatic carbocycles. The van der Waals surface area contributed by atoms with Crippen LogP contribution in [0.3, 0.4) is 0 Å². The summed E-state index contributed by atoms with van der Waals surface area (Å²) >= 11 is 0. The van der Waals surface area contributed by atoms with Gasteiger partial charge in [0.15, 0.2) is 23.1 Å². The third-order valence-electron chi connectivity index (χ3n) is 7.63. The molecule has 0 saturated heterocycles. The Labute approximate surface area is 202 Å². The van der Waals surface area contributed by atoms with Crippen LogP contribution in [-0.4, -0.2) is 24.8 Å². The molecule has 4 nitrogen and oxygen atoms in total. The summed E-state index contributed by atoms with van der Waals surface area (Å²) in [6.07, 6.45) is 4.47. The highest BCUT2D eigenvalue weighted by Gasteiger charge is 2.32. The van der Waals surface area contributed by atoms with E-state index < -0.39 is 40.9 Å². The quantitative estimate of drug-likeness (QED) is 0.287. The number of carbonyl (C=O) groups is 1. The molecule has 0 amide bonds. The van der Waals surface area contributed by atoms with Gasteiger partial charge in [0.25, 0.3) is 0 Å². The smallest absolute Gasteiger partial charge is 0.314 e. The summed E-state index contributed by atoms with van der Waals surface area (Å²) in [7, 11) is 1.26. The molecule has 2 saturated carbocycles. The first-order chi connectivity index (χ1) is 16.8. The molecule has 4 rings (SSSR count). The van der Waals surface area contributed by atoms with Crippen LogP contribution in [0.2, 0.25) is 0 Å². The number of methoxy groups -OCH3 is 1. The van der Waals surface area contributed by atoms with Crippen molar-refractivity contribution in [1.82, 2.24) is 0 Å². The van der Waals surface area contributed by atoms with E-state index in [1.807, 2.05) is 0 Å². The Hall–Kier alpha value is -2.61. The van der Waals surface area contributed by atoms with Crippen molar-refractivity contribution in [2.75, 3.05) is 13.7 Å². The number of aliphatic hydroxyl groups is 1. The van der Waals surface area contributed by atoms with Crippen LogP contribution in [0.25, 0.3) is 0 Å². The molecule has 0 bridgehead atoms. The second-order valence-corrected chi connectivity index (χ2v) is 9.64. The number of ether oxygens (including phenoxy) is 2. The Morgan fingerprint density at radius 3 is 1.77 bits per heavy atom. The lowest BCUT2D eigenvalue weighted by Gasteiger charge is -2.28. The fraction of sp³-hybridized carbons (Fsp3) is 0.519. The highest BCUT2D eigenvalue weighted by molar-refractivity contribution is 5.75. The van der Waals surface area contributed by atoms with E-state index in [0.717, 1.165) is 12.8 Å². The van der Waals surface area contributed by atoms with Gasteiger partial charge in [0.1, 0.15) is 0 Å². The minimum Gasteiger partial charge on any atom is -0.494 e. The molecule has 0 aliphatic heterocycles. The fourth-order valence-electron chi connectivity index (χ4n) is 5.45. The molecule has 2 aliphatic carbocycles.